The van der Waals surface area contributed by atoms with E-state index in [0.717, 1.165) is 38.0 Å². The Bertz CT molecular complexity index is 328. The molecule has 0 saturated heterocycles. The average Bonchev–Trinajstić information content (AvgIpc) is 2.37. The number of aliphatic hydroxyl groups is 1. The lowest BCUT2D eigenvalue weighted by Crippen LogP contribution is -2.25. The molecule has 0 bridgehead atoms. The maximum atomic E-state index is 8.74. The smallest absolute Gasteiger partial charge is 0.0431 e. The molecule has 0 amide bonds. The van der Waals surface area contributed by atoms with Crippen molar-refractivity contribution in [2.45, 2.75) is 39.0 Å². The lowest BCUT2D eigenvalue weighted by Gasteiger charge is -2.24. The van der Waals surface area contributed by atoms with Crippen molar-refractivity contribution < 1.29 is 5.11 Å². The van der Waals surface area contributed by atoms with Gasteiger partial charge in [-0.05, 0) is 37.5 Å². The molecule has 0 spiro atoms. The number of hydrogen-bond acceptors (Lipinski definition) is 3. The maximum Gasteiger partial charge on any atom is 0.0431 e. The van der Waals surface area contributed by atoms with Crippen LogP contribution in [0.2, 0.25) is 0 Å². The van der Waals surface area contributed by atoms with Crippen LogP contribution < -0.4 is 10.6 Å². The van der Waals surface area contributed by atoms with Crippen LogP contribution in [-0.4, -0.2) is 24.8 Å². The minimum absolute atomic E-state index is 0.313. The van der Waals surface area contributed by atoms with Gasteiger partial charge in [0.25, 0.3) is 0 Å². The van der Waals surface area contributed by atoms with E-state index < -0.39 is 0 Å². The molecule has 0 aliphatic carbocycles. The van der Waals surface area contributed by atoms with Crippen molar-refractivity contribution in [2.24, 2.45) is 0 Å². The zero-order valence-corrected chi connectivity index (χ0v) is 11.4. The van der Waals surface area contributed by atoms with E-state index in [2.05, 4.69) is 17.9 Å². The molecule has 0 aromatic heterocycles. The van der Waals surface area contributed by atoms with E-state index in [1.54, 1.807) is 0 Å². The summed E-state index contributed by atoms with van der Waals surface area (Å²) in [5, 5.41) is 8.74. The number of rotatable bonds is 9. The highest BCUT2D eigenvalue weighted by molar-refractivity contribution is 5.55. The van der Waals surface area contributed by atoms with Crippen LogP contribution in [0.3, 0.4) is 0 Å². The standard InChI is InChI=1S/C15H26N2O/c1-2-10-17(11-5-3-4-6-12-18)15-9-7-8-14(16)13-15/h7-9,13,18H,2-6,10-12,16H2,1H3. The Morgan fingerprint density at radius 1 is 1.11 bits per heavy atom. The van der Waals surface area contributed by atoms with Gasteiger partial charge >= 0.3 is 0 Å². The van der Waals surface area contributed by atoms with E-state index in [0.29, 0.717) is 6.61 Å². The van der Waals surface area contributed by atoms with Gasteiger partial charge in [-0.2, -0.15) is 0 Å². The minimum Gasteiger partial charge on any atom is -0.399 e. The Morgan fingerprint density at radius 3 is 2.56 bits per heavy atom. The Balaban J connectivity index is 2.44. The molecule has 3 nitrogen and oxygen atoms in total. The van der Waals surface area contributed by atoms with Crippen LogP contribution in [0.25, 0.3) is 0 Å². The number of unbranched alkanes of at least 4 members (excludes halogenated alkanes) is 3. The molecule has 1 rings (SSSR count). The van der Waals surface area contributed by atoms with Gasteiger partial charge in [0, 0.05) is 31.1 Å². The van der Waals surface area contributed by atoms with E-state index >= 15 is 0 Å². The largest absolute Gasteiger partial charge is 0.399 e. The van der Waals surface area contributed by atoms with Crippen molar-refractivity contribution in [3.05, 3.63) is 24.3 Å². The summed E-state index contributed by atoms with van der Waals surface area (Å²) in [5.41, 5.74) is 7.88. The molecule has 1 aromatic rings. The van der Waals surface area contributed by atoms with E-state index in [-0.39, 0.29) is 0 Å². The first-order chi connectivity index (χ1) is 8.77. The Kier molecular flexibility index (Phi) is 7.26. The third-order valence-corrected chi connectivity index (χ3v) is 3.07. The summed E-state index contributed by atoms with van der Waals surface area (Å²) >= 11 is 0. The first kappa shape index (κ1) is 14.8. The lowest BCUT2D eigenvalue weighted by atomic mass is 10.1. The second-order valence-electron chi connectivity index (χ2n) is 4.72. The topological polar surface area (TPSA) is 49.5 Å². The molecular weight excluding hydrogens is 224 g/mol. The van der Waals surface area contributed by atoms with Crippen LogP contribution in [0.5, 0.6) is 0 Å². The van der Waals surface area contributed by atoms with Crippen molar-refractivity contribution in [1.29, 1.82) is 0 Å². The normalized spacial score (nSPS) is 10.6. The zero-order chi connectivity index (χ0) is 13.2. The van der Waals surface area contributed by atoms with Crippen molar-refractivity contribution >= 4 is 11.4 Å². The summed E-state index contributed by atoms with van der Waals surface area (Å²) in [6, 6.07) is 8.11. The van der Waals surface area contributed by atoms with Gasteiger partial charge in [-0.3, -0.25) is 0 Å². The van der Waals surface area contributed by atoms with Gasteiger partial charge in [-0.1, -0.05) is 25.8 Å². The van der Waals surface area contributed by atoms with E-state index in [4.69, 9.17) is 10.8 Å². The molecule has 0 aliphatic rings. The molecule has 1 aromatic carbocycles. The molecule has 0 unspecified atom stereocenters. The zero-order valence-electron chi connectivity index (χ0n) is 11.4. The number of nitrogens with two attached hydrogens (primary N) is 1. The monoisotopic (exact) mass is 250 g/mol. The first-order valence-corrected chi connectivity index (χ1v) is 6.99. The number of hydrogen-bond donors (Lipinski definition) is 2. The summed E-state index contributed by atoms with van der Waals surface area (Å²) in [6.07, 6.45) is 5.54. The van der Waals surface area contributed by atoms with Crippen molar-refractivity contribution in [2.75, 3.05) is 30.3 Å². The second kappa shape index (κ2) is 8.81. The Hall–Kier alpha value is -1.22. The van der Waals surface area contributed by atoms with Crippen molar-refractivity contribution in [1.82, 2.24) is 0 Å². The molecule has 3 N–H and O–H groups in total. The minimum atomic E-state index is 0.313. The third-order valence-electron chi connectivity index (χ3n) is 3.07. The first-order valence-electron chi connectivity index (χ1n) is 6.99. The van der Waals surface area contributed by atoms with Crippen molar-refractivity contribution in [3.8, 4) is 0 Å². The van der Waals surface area contributed by atoms with Crippen LogP contribution in [-0.2, 0) is 0 Å². The van der Waals surface area contributed by atoms with Crippen molar-refractivity contribution in [3.63, 3.8) is 0 Å². The van der Waals surface area contributed by atoms with Gasteiger partial charge in [0.2, 0.25) is 0 Å². The van der Waals surface area contributed by atoms with Gasteiger partial charge in [-0.15, -0.1) is 0 Å². The number of benzene rings is 1. The SMILES string of the molecule is CCCN(CCCCCCO)c1cccc(N)c1. The molecule has 0 heterocycles. The van der Waals surface area contributed by atoms with E-state index in [9.17, 15) is 0 Å². The number of anilines is 2. The number of nitrogens with zero attached hydrogens (tertiary/aromatic N) is 1. The maximum absolute atomic E-state index is 8.74. The van der Waals surface area contributed by atoms with Crippen LogP contribution in [0.15, 0.2) is 24.3 Å². The highest BCUT2D eigenvalue weighted by Gasteiger charge is 2.05. The summed E-state index contributed by atoms with van der Waals surface area (Å²) in [7, 11) is 0. The fraction of sp³-hybridized carbons (Fsp3) is 0.600. The summed E-state index contributed by atoms with van der Waals surface area (Å²) < 4.78 is 0. The predicted molar refractivity (Wildman–Crippen MR) is 78.9 cm³/mol. The quantitative estimate of drug-likeness (QED) is 0.523. The highest BCUT2D eigenvalue weighted by atomic mass is 16.2. The van der Waals surface area contributed by atoms with Gasteiger partial charge < -0.3 is 15.7 Å². The highest BCUT2D eigenvalue weighted by Crippen LogP contribution is 2.18. The molecule has 0 saturated carbocycles. The third kappa shape index (κ3) is 5.41. The van der Waals surface area contributed by atoms with Crippen LogP contribution >= 0.6 is 0 Å². The summed E-state index contributed by atoms with van der Waals surface area (Å²) in [5.74, 6) is 0. The van der Waals surface area contributed by atoms with Crippen LogP contribution in [0.4, 0.5) is 11.4 Å². The molecule has 0 radical (unpaired) electrons. The molecular formula is C15H26N2O. The molecule has 0 aliphatic heterocycles. The molecule has 18 heavy (non-hydrogen) atoms. The predicted octanol–water partition coefficient (Wildman–Crippen LogP) is 3.04. The number of aliphatic hydroxyl groups excluding tert-OH is 1. The molecule has 102 valence electrons. The van der Waals surface area contributed by atoms with Gasteiger partial charge in [-0.25, -0.2) is 0 Å². The average molecular weight is 250 g/mol. The lowest BCUT2D eigenvalue weighted by molar-refractivity contribution is 0.282. The van der Waals surface area contributed by atoms with Crippen LogP contribution in [0, 0.1) is 0 Å². The Morgan fingerprint density at radius 2 is 1.89 bits per heavy atom. The number of nitrogen functional groups attached to an aromatic ring is 1. The fourth-order valence-electron chi connectivity index (χ4n) is 2.13. The van der Waals surface area contributed by atoms with Crippen LogP contribution in [0.1, 0.15) is 39.0 Å². The van der Waals surface area contributed by atoms with Gasteiger partial charge in [0.05, 0.1) is 0 Å². The second-order valence-corrected chi connectivity index (χ2v) is 4.72. The molecule has 3 heteroatoms. The van der Waals surface area contributed by atoms with Gasteiger partial charge in [0.1, 0.15) is 0 Å². The Labute approximate surface area is 111 Å². The fourth-order valence-corrected chi connectivity index (χ4v) is 2.13. The summed E-state index contributed by atoms with van der Waals surface area (Å²) in [4.78, 5) is 2.40. The van der Waals surface area contributed by atoms with E-state index in [1.165, 1.54) is 18.5 Å². The molecule has 0 fully saturated rings. The molecule has 0 atom stereocenters. The van der Waals surface area contributed by atoms with Gasteiger partial charge in [0.15, 0.2) is 0 Å². The van der Waals surface area contributed by atoms with E-state index in [1.807, 2.05) is 18.2 Å². The summed E-state index contributed by atoms with van der Waals surface area (Å²) in [6.45, 7) is 4.66.